The summed E-state index contributed by atoms with van der Waals surface area (Å²) < 4.78 is 13.8. The fourth-order valence-corrected chi connectivity index (χ4v) is 1.43. The second kappa shape index (κ2) is 4.57. The van der Waals surface area contributed by atoms with Gasteiger partial charge < -0.3 is 5.32 Å². The lowest BCUT2D eigenvalue weighted by atomic mass is 10.2. The lowest BCUT2D eigenvalue weighted by Crippen LogP contribution is -1.97. The number of nitrogens with zero attached hydrogens (tertiary/aromatic N) is 2. The van der Waals surface area contributed by atoms with Crippen molar-refractivity contribution in [2.75, 3.05) is 5.32 Å². The van der Waals surface area contributed by atoms with E-state index in [9.17, 15) is 4.39 Å². The van der Waals surface area contributed by atoms with E-state index >= 15 is 0 Å². The monoisotopic (exact) mass is 281 g/mol. The minimum absolute atomic E-state index is 0.220. The van der Waals surface area contributed by atoms with Gasteiger partial charge in [-0.25, -0.2) is 14.4 Å². The van der Waals surface area contributed by atoms with Crippen LogP contribution >= 0.6 is 15.9 Å². The van der Waals surface area contributed by atoms with E-state index in [2.05, 4.69) is 31.2 Å². The molecule has 1 aromatic carbocycles. The Hall–Kier alpha value is -1.49. The molecule has 5 heteroatoms. The first-order chi connectivity index (χ1) is 7.65. The number of hydrogen-bond acceptors (Lipinski definition) is 3. The Kier molecular flexibility index (Phi) is 3.14. The number of anilines is 2. The zero-order valence-corrected chi connectivity index (χ0v) is 10.1. The molecule has 1 heterocycles. The van der Waals surface area contributed by atoms with Crippen LogP contribution in [0.3, 0.4) is 0 Å². The van der Waals surface area contributed by atoms with Gasteiger partial charge in [0.2, 0.25) is 5.95 Å². The van der Waals surface area contributed by atoms with Crippen molar-refractivity contribution in [1.82, 2.24) is 9.97 Å². The third-order valence-electron chi connectivity index (χ3n) is 2.03. The van der Waals surface area contributed by atoms with Gasteiger partial charge in [-0.05, 0) is 46.6 Å². The highest BCUT2D eigenvalue weighted by Crippen LogP contribution is 2.17. The number of aryl methyl sites for hydroxylation is 1. The molecule has 0 aliphatic carbocycles. The molecule has 0 fully saturated rings. The molecule has 0 aliphatic heterocycles. The van der Waals surface area contributed by atoms with Crippen molar-refractivity contribution < 1.29 is 4.39 Å². The van der Waals surface area contributed by atoms with Crippen LogP contribution in [0.4, 0.5) is 16.0 Å². The highest BCUT2D eigenvalue weighted by Gasteiger charge is 2.00. The molecule has 0 bridgehead atoms. The number of nitrogens with one attached hydrogen (secondary N) is 1. The van der Waals surface area contributed by atoms with Gasteiger partial charge >= 0.3 is 0 Å². The van der Waals surface area contributed by atoms with Gasteiger partial charge in [0.05, 0.1) is 4.47 Å². The zero-order valence-electron chi connectivity index (χ0n) is 8.54. The van der Waals surface area contributed by atoms with Crippen molar-refractivity contribution in [2.45, 2.75) is 6.92 Å². The molecule has 2 rings (SSSR count). The Balaban J connectivity index is 2.20. The van der Waals surface area contributed by atoms with E-state index in [4.69, 9.17) is 0 Å². The van der Waals surface area contributed by atoms with Crippen LogP contribution in [-0.2, 0) is 0 Å². The van der Waals surface area contributed by atoms with E-state index in [0.29, 0.717) is 11.5 Å². The number of halogens is 2. The fourth-order valence-electron chi connectivity index (χ4n) is 1.23. The molecule has 0 saturated heterocycles. The van der Waals surface area contributed by atoms with Gasteiger partial charge in [-0.1, -0.05) is 0 Å². The van der Waals surface area contributed by atoms with Crippen LogP contribution in [0, 0.1) is 12.7 Å². The normalized spacial score (nSPS) is 10.2. The van der Waals surface area contributed by atoms with Gasteiger partial charge in [-0.3, -0.25) is 0 Å². The largest absolute Gasteiger partial charge is 0.324 e. The van der Waals surface area contributed by atoms with Gasteiger partial charge in [0.25, 0.3) is 0 Å². The van der Waals surface area contributed by atoms with Crippen LogP contribution in [0.25, 0.3) is 0 Å². The lowest BCUT2D eigenvalue weighted by molar-refractivity contribution is 0.619. The van der Waals surface area contributed by atoms with Gasteiger partial charge in [0.1, 0.15) is 5.82 Å². The van der Waals surface area contributed by atoms with E-state index in [0.717, 1.165) is 10.2 Å². The van der Waals surface area contributed by atoms with Crippen LogP contribution in [0.15, 0.2) is 35.1 Å². The van der Waals surface area contributed by atoms with E-state index in [-0.39, 0.29) is 5.82 Å². The summed E-state index contributed by atoms with van der Waals surface area (Å²) in [4.78, 5) is 8.13. The van der Waals surface area contributed by atoms with Crippen LogP contribution < -0.4 is 5.32 Å². The Labute approximate surface area is 101 Å². The maximum absolute atomic E-state index is 13.0. The van der Waals surface area contributed by atoms with E-state index in [1.807, 2.05) is 0 Å². The van der Waals surface area contributed by atoms with E-state index in [1.165, 1.54) is 6.07 Å². The minimum atomic E-state index is -0.220. The SMILES string of the molecule is Cc1cc(Nc2ncc(Br)cn2)ccc1F. The second-order valence-corrected chi connectivity index (χ2v) is 4.23. The molecule has 16 heavy (non-hydrogen) atoms. The molecule has 82 valence electrons. The first-order valence-electron chi connectivity index (χ1n) is 4.66. The van der Waals surface area contributed by atoms with Crippen LogP contribution in [0.1, 0.15) is 5.56 Å². The average molecular weight is 282 g/mol. The molecule has 0 amide bonds. The smallest absolute Gasteiger partial charge is 0.227 e. The number of benzene rings is 1. The molecule has 1 N–H and O–H groups in total. The predicted molar refractivity (Wildman–Crippen MR) is 64.2 cm³/mol. The summed E-state index contributed by atoms with van der Waals surface area (Å²) in [6, 6.07) is 4.77. The molecule has 0 aliphatic rings. The molecule has 3 nitrogen and oxygen atoms in total. The summed E-state index contributed by atoms with van der Waals surface area (Å²) in [7, 11) is 0. The van der Waals surface area contributed by atoms with Crippen molar-refractivity contribution in [3.8, 4) is 0 Å². The first kappa shape index (κ1) is 11.0. The summed E-state index contributed by atoms with van der Waals surface area (Å²) in [5, 5.41) is 2.99. The number of rotatable bonds is 2. The third kappa shape index (κ3) is 2.55. The summed E-state index contributed by atoms with van der Waals surface area (Å²) >= 11 is 3.25. The second-order valence-electron chi connectivity index (χ2n) is 3.31. The van der Waals surface area contributed by atoms with Crippen LogP contribution in [-0.4, -0.2) is 9.97 Å². The molecule has 0 atom stereocenters. The zero-order chi connectivity index (χ0) is 11.5. The van der Waals surface area contributed by atoms with Crippen molar-refractivity contribution in [2.24, 2.45) is 0 Å². The topological polar surface area (TPSA) is 37.8 Å². The summed E-state index contributed by atoms with van der Waals surface area (Å²) in [5.74, 6) is 0.261. The van der Waals surface area contributed by atoms with Gasteiger partial charge in [-0.15, -0.1) is 0 Å². The van der Waals surface area contributed by atoms with Crippen molar-refractivity contribution in [1.29, 1.82) is 0 Å². The van der Waals surface area contributed by atoms with Crippen molar-refractivity contribution >= 4 is 27.6 Å². The number of hydrogen-bond donors (Lipinski definition) is 1. The highest BCUT2D eigenvalue weighted by molar-refractivity contribution is 9.10. The molecule has 2 aromatic rings. The van der Waals surface area contributed by atoms with Crippen LogP contribution in [0.2, 0.25) is 0 Å². The third-order valence-corrected chi connectivity index (χ3v) is 2.44. The minimum Gasteiger partial charge on any atom is -0.324 e. The van der Waals surface area contributed by atoms with Gasteiger partial charge in [0.15, 0.2) is 0 Å². The van der Waals surface area contributed by atoms with E-state index < -0.39 is 0 Å². The average Bonchev–Trinajstić information content (AvgIpc) is 2.27. The predicted octanol–water partition coefficient (Wildman–Crippen LogP) is 3.43. The molecule has 0 spiro atoms. The Morgan fingerprint density at radius 1 is 1.25 bits per heavy atom. The number of aromatic nitrogens is 2. The molecular weight excluding hydrogens is 273 g/mol. The summed E-state index contributed by atoms with van der Waals surface area (Å²) in [6.45, 7) is 1.71. The van der Waals surface area contributed by atoms with Crippen molar-refractivity contribution in [3.05, 3.63) is 46.4 Å². The van der Waals surface area contributed by atoms with Crippen LogP contribution in [0.5, 0.6) is 0 Å². The standard InChI is InChI=1S/C11H9BrFN3/c1-7-4-9(2-3-10(7)13)16-11-14-5-8(12)6-15-11/h2-6H,1H3,(H,14,15,16). The Morgan fingerprint density at radius 2 is 1.94 bits per heavy atom. The summed E-state index contributed by atoms with van der Waals surface area (Å²) in [5.41, 5.74) is 1.35. The molecule has 1 aromatic heterocycles. The van der Waals surface area contributed by atoms with Gasteiger partial charge in [-0.2, -0.15) is 0 Å². The lowest BCUT2D eigenvalue weighted by Gasteiger charge is -2.05. The molecule has 0 saturated carbocycles. The quantitative estimate of drug-likeness (QED) is 0.917. The fraction of sp³-hybridized carbons (Fsp3) is 0.0909. The van der Waals surface area contributed by atoms with E-state index in [1.54, 1.807) is 31.5 Å². The summed E-state index contributed by atoms with van der Waals surface area (Å²) in [6.07, 6.45) is 3.29. The maximum Gasteiger partial charge on any atom is 0.227 e. The van der Waals surface area contributed by atoms with Crippen molar-refractivity contribution in [3.63, 3.8) is 0 Å². The molecule has 0 radical (unpaired) electrons. The first-order valence-corrected chi connectivity index (χ1v) is 5.45. The highest BCUT2D eigenvalue weighted by atomic mass is 79.9. The molecule has 0 unspecified atom stereocenters. The molecular formula is C11H9BrFN3. The Morgan fingerprint density at radius 3 is 2.56 bits per heavy atom. The maximum atomic E-state index is 13.0. The Bertz CT molecular complexity index is 499. The van der Waals surface area contributed by atoms with Gasteiger partial charge in [0, 0.05) is 18.1 Å².